The van der Waals surface area contributed by atoms with Crippen LogP contribution < -0.4 is 10.7 Å². The zero-order valence-electron chi connectivity index (χ0n) is 12.2. The van der Waals surface area contributed by atoms with Gasteiger partial charge >= 0.3 is 6.03 Å². The van der Waals surface area contributed by atoms with Crippen LogP contribution in [0.3, 0.4) is 0 Å². The summed E-state index contributed by atoms with van der Waals surface area (Å²) in [5, 5.41) is 16.6. The van der Waals surface area contributed by atoms with E-state index >= 15 is 0 Å². The first-order chi connectivity index (χ1) is 10.5. The van der Waals surface area contributed by atoms with Crippen molar-refractivity contribution >= 4 is 29.5 Å². The molecular formula is C16H16ClN3O2. The molecule has 0 radical (unpaired) electrons. The highest BCUT2D eigenvalue weighted by atomic mass is 35.5. The molecule has 0 aliphatic heterocycles. The second-order valence-electron chi connectivity index (χ2n) is 4.85. The van der Waals surface area contributed by atoms with E-state index in [1.165, 1.54) is 12.3 Å². The van der Waals surface area contributed by atoms with E-state index in [9.17, 15) is 9.90 Å². The molecule has 5 nitrogen and oxygen atoms in total. The number of benzene rings is 2. The smallest absolute Gasteiger partial charge is 0.339 e. The molecule has 2 aromatic carbocycles. The average Bonchev–Trinajstić information content (AvgIpc) is 2.46. The maximum atomic E-state index is 11.8. The number of hydrogen-bond donors (Lipinski definition) is 3. The number of nitrogens with one attached hydrogen (secondary N) is 2. The number of hydrazone groups is 1. The summed E-state index contributed by atoms with van der Waals surface area (Å²) in [6, 6.07) is 9.82. The van der Waals surface area contributed by atoms with Gasteiger partial charge in [-0.1, -0.05) is 29.3 Å². The lowest BCUT2D eigenvalue weighted by Gasteiger charge is -2.08. The number of hydrogen-bond acceptors (Lipinski definition) is 3. The summed E-state index contributed by atoms with van der Waals surface area (Å²) in [7, 11) is 0. The van der Waals surface area contributed by atoms with Crippen molar-refractivity contribution in [1.82, 2.24) is 5.43 Å². The van der Waals surface area contributed by atoms with Crippen LogP contribution >= 0.6 is 11.6 Å². The van der Waals surface area contributed by atoms with Crippen LogP contribution in [0, 0.1) is 13.8 Å². The number of carbonyl (C=O) groups is 1. The molecular weight excluding hydrogens is 302 g/mol. The Balaban J connectivity index is 1.98. The van der Waals surface area contributed by atoms with Gasteiger partial charge in [0.05, 0.1) is 6.21 Å². The van der Waals surface area contributed by atoms with E-state index in [0.29, 0.717) is 16.3 Å². The topological polar surface area (TPSA) is 73.7 Å². The summed E-state index contributed by atoms with van der Waals surface area (Å²) in [6.07, 6.45) is 1.32. The van der Waals surface area contributed by atoms with Gasteiger partial charge in [0.15, 0.2) is 0 Å². The van der Waals surface area contributed by atoms with Crippen LogP contribution in [-0.4, -0.2) is 17.4 Å². The summed E-state index contributed by atoms with van der Waals surface area (Å²) in [5.41, 5.74) is 5.55. The normalized spacial score (nSPS) is 10.7. The number of halogens is 1. The van der Waals surface area contributed by atoms with Crippen LogP contribution in [0.1, 0.15) is 16.7 Å². The minimum Gasteiger partial charge on any atom is -0.507 e. The number of aromatic hydroxyl groups is 1. The van der Waals surface area contributed by atoms with Crippen LogP contribution in [0.4, 0.5) is 10.5 Å². The third-order valence-electron chi connectivity index (χ3n) is 2.99. The van der Waals surface area contributed by atoms with Crippen molar-refractivity contribution in [2.24, 2.45) is 5.10 Å². The zero-order chi connectivity index (χ0) is 16.1. The fourth-order valence-electron chi connectivity index (χ4n) is 1.89. The van der Waals surface area contributed by atoms with Gasteiger partial charge < -0.3 is 10.4 Å². The first-order valence-electron chi connectivity index (χ1n) is 6.61. The molecule has 0 heterocycles. The molecule has 0 aliphatic carbocycles. The highest BCUT2D eigenvalue weighted by Gasteiger charge is 2.03. The van der Waals surface area contributed by atoms with Crippen LogP contribution in [0.2, 0.25) is 5.02 Å². The third kappa shape index (κ3) is 4.23. The Bertz CT molecular complexity index is 729. The molecule has 0 saturated heterocycles. The molecule has 0 saturated carbocycles. The Morgan fingerprint density at radius 2 is 2.00 bits per heavy atom. The van der Waals surface area contributed by atoms with Crippen LogP contribution in [0.15, 0.2) is 41.5 Å². The monoisotopic (exact) mass is 317 g/mol. The largest absolute Gasteiger partial charge is 0.507 e. The predicted molar refractivity (Wildman–Crippen MR) is 88.8 cm³/mol. The number of amides is 2. The highest BCUT2D eigenvalue weighted by molar-refractivity contribution is 6.30. The molecule has 0 unspecified atom stereocenters. The molecule has 0 aromatic heterocycles. The zero-order valence-corrected chi connectivity index (χ0v) is 13.0. The van der Waals surface area contributed by atoms with E-state index in [4.69, 9.17) is 11.6 Å². The van der Waals surface area contributed by atoms with Crippen molar-refractivity contribution in [3.63, 3.8) is 0 Å². The number of phenolic OH excluding ortho intramolecular Hbond substituents is 1. The quantitative estimate of drug-likeness (QED) is 0.594. The van der Waals surface area contributed by atoms with Crippen molar-refractivity contribution in [3.8, 4) is 5.75 Å². The Morgan fingerprint density at radius 3 is 2.73 bits per heavy atom. The van der Waals surface area contributed by atoms with Crippen molar-refractivity contribution < 1.29 is 9.90 Å². The molecule has 3 N–H and O–H groups in total. The molecule has 2 aromatic rings. The second-order valence-corrected chi connectivity index (χ2v) is 5.28. The Labute approximate surface area is 133 Å². The van der Waals surface area contributed by atoms with Gasteiger partial charge in [0, 0.05) is 16.3 Å². The van der Waals surface area contributed by atoms with Crippen molar-refractivity contribution in [2.75, 3.05) is 5.32 Å². The van der Waals surface area contributed by atoms with E-state index in [-0.39, 0.29) is 5.75 Å². The number of nitrogens with zero attached hydrogens (tertiary/aromatic N) is 1. The number of aryl methyl sites for hydroxylation is 2. The van der Waals surface area contributed by atoms with Crippen LogP contribution in [-0.2, 0) is 0 Å². The van der Waals surface area contributed by atoms with E-state index < -0.39 is 6.03 Å². The molecule has 0 aliphatic rings. The summed E-state index contributed by atoms with van der Waals surface area (Å²) < 4.78 is 0. The fourth-order valence-corrected chi connectivity index (χ4v) is 2.07. The van der Waals surface area contributed by atoms with E-state index in [0.717, 1.165) is 11.1 Å². The van der Waals surface area contributed by atoms with E-state index in [1.807, 2.05) is 32.0 Å². The molecule has 6 heteroatoms. The maximum Gasteiger partial charge on any atom is 0.339 e. The van der Waals surface area contributed by atoms with E-state index in [2.05, 4.69) is 15.8 Å². The molecule has 0 atom stereocenters. The minimum atomic E-state index is -0.468. The summed E-state index contributed by atoms with van der Waals surface area (Å²) in [6.45, 7) is 3.90. The molecule has 22 heavy (non-hydrogen) atoms. The summed E-state index contributed by atoms with van der Waals surface area (Å²) in [4.78, 5) is 11.8. The highest BCUT2D eigenvalue weighted by Crippen LogP contribution is 2.19. The SMILES string of the molecule is Cc1ccc(NC(=O)N/N=C/c2cc(Cl)ccc2O)c(C)c1. The first kappa shape index (κ1) is 15.9. The van der Waals surface area contributed by atoms with Gasteiger partial charge in [-0.3, -0.25) is 0 Å². The average molecular weight is 318 g/mol. The van der Waals surface area contributed by atoms with Crippen LogP contribution in [0.5, 0.6) is 5.75 Å². The van der Waals surface area contributed by atoms with Gasteiger partial charge in [0.2, 0.25) is 0 Å². The fraction of sp³-hybridized carbons (Fsp3) is 0.125. The third-order valence-corrected chi connectivity index (χ3v) is 3.22. The molecule has 2 amide bonds. The lowest BCUT2D eigenvalue weighted by atomic mass is 10.1. The maximum absolute atomic E-state index is 11.8. The second kappa shape index (κ2) is 6.95. The number of anilines is 1. The summed E-state index contributed by atoms with van der Waals surface area (Å²) in [5.74, 6) is 0.0322. The molecule has 0 fully saturated rings. The Hall–Kier alpha value is -2.53. The molecule has 0 bridgehead atoms. The van der Waals surface area contributed by atoms with Crippen molar-refractivity contribution in [1.29, 1.82) is 0 Å². The Kier molecular flexibility index (Phi) is 5.01. The van der Waals surface area contributed by atoms with Gasteiger partial charge in [-0.25, -0.2) is 10.2 Å². The molecule has 2 rings (SSSR count). The lowest BCUT2D eigenvalue weighted by Crippen LogP contribution is -2.24. The number of urea groups is 1. The number of carbonyl (C=O) groups excluding carboxylic acids is 1. The predicted octanol–water partition coefficient (Wildman–Crippen LogP) is 3.82. The van der Waals surface area contributed by atoms with Gasteiger partial charge in [0.25, 0.3) is 0 Å². The van der Waals surface area contributed by atoms with Crippen molar-refractivity contribution in [2.45, 2.75) is 13.8 Å². The van der Waals surface area contributed by atoms with Crippen molar-refractivity contribution in [3.05, 3.63) is 58.1 Å². The Morgan fingerprint density at radius 1 is 1.23 bits per heavy atom. The lowest BCUT2D eigenvalue weighted by molar-refractivity contribution is 0.252. The van der Waals surface area contributed by atoms with Gasteiger partial charge in [-0.2, -0.15) is 5.10 Å². The van der Waals surface area contributed by atoms with Gasteiger partial charge in [0.1, 0.15) is 5.75 Å². The molecule has 0 spiro atoms. The number of rotatable bonds is 3. The molecule has 114 valence electrons. The van der Waals surface area contributed by atoms with E-state index in [1.54, 1.807) is 12.1 Å². The first-order valence-corrected chi connectivity index (χ1v) is 6.99. The van der Waals surface area contributed by atoms with Crippen LogP contribution in [0.25, 0.3) is 0 Å². The van der Waals surface area contributed by atoms with Gasteiger partial charge in [-0.05, 0) is 43.7 Å². The van der Waals surface area contributed by atoms with Gasteiger partial charge in [-0.15, -0.1) is 0 Å². The number of phenols is 1. The summed E-state index contributed by atoms with van der Waals surface area (Å²) >= 11 is 5.82. The standard InChI is InChI=1S/C16H16ClN3O2/c1-10-3-5-14(11(2)7-10)19-16(22)20-18-9-12-8-13(17)4-6-15(12)21/h3-9,21H,1-2H3,(H2,19,20,22)/b18-9+. The minimum absolute atomic E-state index is 0.0322.